The normalized spacial score (nSPS) is 14.5. The van der Waals surface area contributed by atoms with Gasteiger partial charge in [0.15, 0.2) is 5.16 Å². The molecule has 0 atom stereocenters. The van der Waals surface area contributed by atoms with Gasteiger partial charge in [-0.1, -0.05) is 6.42 Å². The van der Waals surface area contributed by atoms with E-state index in [4.69, 9.17) is 5.73 Å². The summed E-state index contributed by atoms with van der Waals surface area (Å²) >= 11 is 1.33. The van der Waals surface area contributed by atoms with E-state index < -0.39 is 4.92 Å². The number of nitrogens with two attached hydrogens (primary N) is 1. The summed E-state index contributed by atoms with van der Waals surface area (Å²) in [6.07, 6.45) is 4.36. The number of nitrogen functional groups attached to an aromatic ring is 1. The molecule has 0 bridgehead atoms. The summed E-state index contributed by atoms with van der Waals surface area (Å²) in [7, 11) is 0. The minimum Gasteiger partial charge on any atom is -0.378 e. The van der Waals surface area contributed by atoms with Crippen molar-refractivity contribution in [2.24, 2.45) is 0 Å². The van der Waals surface area contributed by atoms with Crippen molar-refractivity contribution in [3.05, 3.63) is 28.1 Å². The summed E-state index contributed by atoms with van der Waals surface area (Å²) in [5.41, 5.74) is 5.42. The highest BCUT2D eigenvalue weighted by Gasteiger charge is 2.18. The number of hydrogen-bond acceptors (Lipinski definition) is 7. The molecule has 8 nitrogen and oxygen atoms in total. The number of anilines is 1. The van der Waals surface area contributed by atoms with E-state index >= 15 is 0 Å². The van der Waals surface area contributed by atoms with Gasteiger partial charge in [-0.3, -0.25) is 10.1 Å². The van der Waals surface area contributed by atoms with E-state index in [1.54, 1.807) is 6.07 Å². The number of aromatic nitrogens is 4. The fourth-order valence-corrected chi connectivity index (χ4v) is 3.14. The lowest BCUT2D eigenvalue weighted by Gasteiger charge is -2.06. The molecule has 0 saturated heterocycles. The van der Waals surface area contributed by atoms with Crippen LogP contribution in [0.15, 0.2) is 22.3 Å². The fourth-order valence-electron chi connectivity index (χ4n) is 2.29. The first-order chi connectivity index (χ1) is 10.1. The van der Waals surface area contributed by atoms with Crippen molar-refractivity contribution in [1.29, 1.82) is 0 Å². The predicted octanol–water partition coefficient (Wildman–Crippen LogP) is 2.04. The largest absolute Gasteiger partial charge is 0.378 e. The molecule has 3 rings (SSSR count). The average Bonchev–Trinajstić information content (AvgIpc) is 2.68. The highest BCUT2D eigenvalue weighted by Crippen LogP contribution is 2.30. The van der Waals surface area contributed by atoms with Crippen LogP contribution in [0.5, 0.6) is 0 Å². The van der Waals surface area contributed by atoms with Gasteiger partial charge in [0.2, 0.25) is 5.82 Å². The molecule has 2 aromatic heterocycles. The van der Waals surface area contributed by atoms with Gasteiger partial charge in [-0.25, -0.2) is 4.98 Å². The summed E-state index contributed by atoms with van der Waals surface area (Å²) in [6, 6.07) is 2.95. The van der Waals surface area contributed by atoms with E-state index in [2.05, 4.69) is 19.7 Å². The Bertz CT molecular complexity index is 686. The maximum absolute atomic E-state index is 10.7. The standard InChI is InChI=1S/C12H14N6O2S/c13-11-8(18(19)20)5-6-10(14-11)21-12-16-15-9-4-2-1-3-7-17(9)12/h5-6H,1-4,7H2,(H2,13,14). The van der Waals surface area contributed by atoms with Crippen molar-refractivity contribution >= 4 is 23.3 Å². The van der Waals surface area contributed by atoms with Crippen molar-refractivity contribution in [2.45, 2.75) is 42.4 Å². The zero-order valence-corrected chi connectivity index (χ0v) is 12.0. The van der Waals surface area contributed by atoms with E-state index in [-0.39, 0.29) is 11.5 Å². The maximum Gasteiger partial charge on any atom is 0.311 e. The number of fused-ring (bicyclic) bond motifs is 1. The zero-order valence-electron chi connectivity index (χ0n) is 11.2. The van der Waals surface area contributed by atoms with Crippen molar-refractivity contribution in [1.82, 2.24) is 19.7 Å². The highest BCUT2D eigenvalue weighted by atomic mass is 32.2. The molecule has 9 heteroatoms. The molecule has 2 aromatic rings. The van der Waals surface area contributed by atoms with E-state index in [9.17, 15) is 10.1 Å². The van der Waals surface area contributed by atoms with Crippen LogP contribution in [0.25, 0.3) is 0 Å². The van der Waals surface area contributed by atoms with Crippen LogP contribution < -0.4 is 5.73 Å². The number of pyridine rings is 1. The van der Waals surface area contributed by atoms with Gasteiger partial charge < -0.3 is 10.3 Å². The molecule has 0 spiro atoms. The van der Waals surface area contributed by atoms with E-state index in [1.165, 1.54) is 24.2 Å². The number of rotatable bonds is 3. The van der Waals surface area contributed by atoms with Crippen molar-refractivity contribution < 1.29 is 4.92 Å². The Kier molecular flexibility index (Phi) is 3.74. The van der Waals surface area contributed by atoms with Gasteiger partial charge in [0.1, 0.15) is 10.9 Å². The summed E-state index contributed by atoms with van der Waals surface area (Å²) in [5.74, 6) is 0.908. The Hall–Kier alpha value is -2.16. The molecule has 1 aliphatic rings. The molecular weight excluding hydrogens is 292 g/mol. The molecule has 0 unspecified atom stereocenters. The molecule has 2 N–H and O–H groups in total. The molecule has 0 amide bonds. The third-order valence-electron chi connectivity index (χ3n) is 3.34. The summed E-state index contributed by atoms with van der Waals surface area (Å²) in [4.78, 5) is 14.2. The lowest BCUT2D eigenvalue weighted by Crippen LogP contribution is -2.03. The Morgan fingerprint density at radius 2 is 2.14 bits per heavy atom. The molecule has 110 valence electrons. The lowest BCUT2D eigenvalue weighted by molar-refractivity contribution is -0.384. The fraction of sp³-hybridized carbons (Fsp3) is 0.417. The third kappa shape index (κ3) is 2.82. The van der Waals surface area contributed by atoms with Gasteiger partial charge in [-0.2, -0.15) is 0 Å². The van der Waals surface area contributed by atoms with E-state index in [0.29, 0.717) is 5.03 Å². The minimum atomic E-state index is -0.542. The molecule has 0 radical (unpaired) electrons. The van der Waals surface area contributed by atoms with Crippen LogP contribution in [0.3, 0.4) is 0 Å². The summed E-state index contributed by atoms with van der Waals surface area (Å²) in [6.45, 7) is 0.896. The predicted molar refractivity (Wildman–Crippen MR) is 77.0 cm³/mol. The van der Waals surface area contributed by atoms with Crippen molar-refractivity contribution in [3.63, 3.8) is 0 Å². The highest BCUT2D eigenvalue weighted by molar-refractivity contribution is 7.99. The Balaban J connectivity index is 1.86. The SMILES string of the molecule is Nc1nc(Sc2nnc3n2CCCCC3)ccc1[N+](=O)[O-]. The zero-order chi connectivity index (χ0) is 14.8. The second kappa shape index (κ2) is 5.68. The monoisotopic (exact) mass is 306 g/mol. The average molecular weight is 306 g/mol. The van der Waals surface area contributed by atoms with Crippen molar-refractivity contribution in [3.8, 4) is 0 Å². The second-order valence-corrected chi connectivity index (χ2v) is 5.76. The smallest absolute Gasteiger partial charge is 0.311 e. The van der Waals surface area contributed by atoms with E-state index in [1.807, 2.05) is 0 Å². The Labute approximate surface area is 124 Å². The van der Waals surface area contributed by atoms with Gasteiger partial charge in [-0.05, 0) is 30.7 Å². The molecule has 21 heavy (non-hydrogen) atoms. The first kappa shape index (κ1) is 13.8. The lowest BCUT2D eigenvalue weighted by atomic mass is 10.2. The Morgan fingerprint density at radius 3 is 2.90 bits per heavy atom. The third-order valence-corrected chi connectivity index (χ3v) is 4.27. The maximum atomic E-state index is 10.7. The number of nitrogens with zero attached hydrogens (tertiary/aromatic N) is 5. The molecule has 0 fully saturated rings. The topological polar surface area (TPSA) is 113 Å². The van der Waals surface area contributed by atoms with Gasteiger partial charge in [-0.15, -0.1) is 10.2 Å². The first-order valence-electron chi connectivity index (χ1n) is 6.66. The minimum absolute atomic E-state index is 0.0828. The molecule has 0 saturated carbocycles. The second-order valence-electron chi connectivity index (χ2n) is 4.77. The summed E-state index contributed by atoms with van der Waals surface area (Å²) < 4.78 is 2.09. The number of nitro groups is 1. The number of hydrogen-bond donors (Lipinski definition) is 1. The van der Waals surface area contributed by atoms with Gasteiger partial charge in [0.25, 0.3) is 0 Å². The Morgan fingerprint density at radius 1 is 1.29 bits per heavy atom. The van der Waals surface area contributed by atoms with Crippen LogP contribution in [0, 0.1) is 10.1 Å². The van der Waals surface area contributed by atoms with Crippen LogP contribution in [0.2, 0.25) is 0 Å². The quantitative estimate of drug-likeness (QED) is 0.681. The van der Waals surface area contributed by atoms with Crippen molar-refractivity contribution in [2.75, 3.05) is 5.73 Å². The molecule has 3 heterocycles. The van der Waals surface area contributed by atoms with Gasteiger partial charge in [0, 0.05) is 19.0 Å². The summed E-state index contributed by atoms with van der Waals surface area (Å²) in [5, 5.41) is 20.5. The first-order valence-corrected chi connectivity index (χ1v) is 7.47. The van der Waals surface area contributed by atoms with E-state index in [0.717, 1.165) is 36.8 Å². The molecule has 0 aliphatic carbocycles. The van der Waals surface area contributed by atoms with Crippen LogP contribution in [-0.2, 0) is 13.0 Å². The van der Waals surface area contributed by atoms with Crippen LogP contribution in [0.1, 0.15) is 25.1 Å². The molecule has 0 aromatic carbocycles. The van der Waals surface area contributed by atoms with Gasteiger partial charge >= 0.3 is 5.69 Å². The van der Waals surface area contributed by atoms with Crippen LogP contribution in [0.4, 0.5) is 11.5 Å². The van der Waals surface area contributed by atoms with Gasteiger partial charge in [0.05, 0.1) is 4.92 Å². The molecular formula is C12H14N6O2S. The number of aryl methyl sites for hydroxylation is 1. The van der Waals surface area contributed by atoms with Crippen LogP contribution >= 0.6 is 11.8 Å². The van der Waals surface area contributed by atoms with Crippen LogP contribution in [-0.4, -0.2) is 24.7 Å². The molecule has 1 aliphatic heterocycles.